The van der Waals surface area contributed by atoms with Crippen LogP contribution in [0.25, 0.3) is 10.7 Å². The molecule has 0 radical (unpaired) electrons. The van der Waals surface area contributed by atoms with Crippen LogP contribution in [0.15, 0.2) is 34.1 Å². The van der Waals surface area contributed by atoms with E-state index < -0.39 is 5.97 Å². The molecule has 0 atom stereocenters. The van der Waals surface area contributed by atoms with Gasteiger partial charge in [0.15, 0.2) is 6.61 Å². The van der Waals surface area contributed by atoms with Crippen molar-refractivity contribution in [2.45, 2.75) is 6.61 Å². The van der Waals surface area contributed by atoms with E-state index in [4.69, 9.17) is 18.7 Å². The summed E-state index contributed by atoms with van der Waals surface area (Å²) in [6.07, 6.45) is 1.23. The average Bonchev–Trinajstić information content (AvgIpc) is 3.16. The molecule has 0 amide bonds. The molecule has 2 aromatic rings. The molecule has 0 saturated carbocycles. The van der Waals surface area contributed by atoms with E-state index in [9.17, 15) is 4.79 Å². The van der Waals surface area contributed by atoms with Gasteiger partial charge in [0, 0.05) is 0 Å². The first-order chi connectivity index (χ1) is 9.83. The molecule has 0 aliphatic carbocycles. The van der Waals surface area contributed by atoms with E-state index in [0.29, 0.717) is 19.0 Å². The Bertz CT molecular complexity index is 620. The predicted octanol–water partition coefficient (Wildman–Crippen LogP) is 1.73. The summed E-state index contributed by atoms with van der Waals surface area (Å²) in [5, 5.41) is 5.73. The summed E-state index contributed by atoms with van der Waals surface area (Å²) in [4.78, 5) is 16.6. The lowest BCUT2D eigenvalue weighted by Crippen LogP contribution is -2.17. The van der Waals surface area contributed by atoms with Gasteiger partial charge in [-0.1, -0.05) is 11.2 Å². The topological polar surface area (TPSA) is 83.7 Å². The molecule has 0 aromatic carbocycles. The molecule has 1 aliphatic rings. The molecule has 20 heavy (non-hydrogen) atoms. The molecular weight excluding hydrogens is 284 g/mol. The van der Waals surface area contributed by atoms with Crippen molar-refractivity contribution in [3.05, 3.63) is 35.4 Å². The lowest BCUT2D eigenvalue weighted by molar-refractivity contribution is -0.146. The molecule has 2 aromatic heterocycles. The number of nitrogens with zero attached hydrogens (tertiary/aromatic N) is 2. The fourth-order valence-corrected chi connectivity index (χ4v) is 2.14. The van der Waals surface area contributed by atoms with Gasteiger partial charge in [0.2, 0.25) is 11.6 Å². The summed E-state index contributed by atoms with van der Waals surface area (Å²) in [5.41, 5.74) is 0. The predicted molar refractivity (Wildman–Crippen MR) is 67.4 cm³/mol. The molecule has 0 unspecified atom stereocenters. The Morgan fingerprint density at radius 3 is 3.15 bits per heavy atom. The fourth-order valence-electron chi connectivity index (χ4n) is 1.49. The monoisotopic (exact) mass is 294 g/mol. The van der Waals surface area contributed by atoms with E-state index in [-0.39, 0.29) is 18.3 Å². The Hall–Kier alpha value is -2.35. The van der Waals surface area contributed by atoms with Crippen LogP contribution in [0.5, 0.6) is 0 Å². The van der Waals surface area contributed by atoms with Gasteiger partial charge in [0.05, 0.1) is 4.88 Å². The van der Waals surface area contributed by atoms with Gasteiger partial charge in [-0.05, 0) is 11.4 Å². The van der Waals surface area contributed by atoms with Gasteiger partial charge < -0.3 is 18.7 Å². The van der Waals surface area contributed by atoms with Crippen LogP contribution in [0.2, 0.25) is 0 Å². The lowest BCUT2D eigenvalue weighted by atomic mass is 10.4. The molecule has 7 nitrogen and oxygen atoms in total. The highest BCUT2D eigenvalue weighted by molar-refractivity contribution is 7.13. The van der Waals surface area contributed by atoms with Crippen molar-refractivity contribution < 1.29 is 23.5 Å². The zero-order valence-corrected chi connectivity index (χ0v) is 11.1. The van der Waals surface area contributed by atoms with Gasteiger partial charge >= 0.3 is 5.97 Å². The van der Waals surface area contributed by atoms with Crippen molar-refractivity contribution >= 4 is 17.3 Å². The molecule has 0 N–H and O–H groups in total. The highest BCUT2D eigenvalue weighted by Crippen LogP contribution is 2.21. The van der Waals surface area contributed by atoms with Crippen LogP contribution in [0.1, 0.15) is 5.89 Å². The van der Waals surface area contributed by atoms with Gasteiger partial charge in [0.1, 0.15) is 19.5 Å². The molecule has 0 fully saturated rings. The number of thiophene rings is 1. The standard InChI is InChI=1S/C12H10N2O5S/c15-12(8-6-16-3-4-17-8)18-7-10-13-11(14-19-10)9-2-1-5-20-9/h1-2,5-6H,3-4,7H2. The minimum Gasteiger partial charge on any atom is -0.493 e. The first kappa shape index (κ1) is 12.7. The third-order valence-electron chi connectivity index (χ3n) is 2.39. The maximum atomic E-state index is 11.6. The summed E-state index contributed by atoms with van der Waals surface area (Å²) < 4.78 is 20.1. The van der Waals surface area contributed by atoms with Crippen LogP contribution in [0, 0.1) is 0 Å². The number of carbonyl (C=O) groups excluding carboxylic acids is 1. The third kappa shape index (κ3) is 2.80. The second kappa shape index (κ2) is 5.74. The van der Waals surface area contributed by atoms with Crippen molar-refractivity contribution in [3.8, 4) is 10.7 Å². The molecule has 8 heteroatoms. The smallest absolute Gasteiger partial charge is 0.377 e. The summed E-state index contributed by atoms with van der Waals surface area (Å²) in [7, 11) is 0. The third-order valence-corrected chi connectivity index (χ3v) is 3.25. The number of esters is 1. The first-order valence-corrected chi connectivity index (χ1v) is 6.69. The molecule has 0 bridgehead atoms. The van der Waals surface area contributed by atoms with E-state index in [1.165, 1.54) is 17.6 Å². The SMILES string of the molecule is O=C(OCc1nc(-c2cccs2)no1)C1=COCCO1. The van der Waals surface area contributed by atoms with Gasteiger partial charge in [0.25, 0.3) is 5.89 Å². The molecule has 0 spiro atoms. The van der Waals surface area contributed by atoms with Crippen molar-refractivity contribution in [2.75, 3.05) is 13.2 Å². The number of carbonyl (C=O) groups is 1. The maximum absolute atomic E-state index is 11.6. The largest absolute Gasteiger partial charge is 0.493 e. The first-order valence-electron chi connectivity index (χ1n) is 5.81. The average molecular weight is 294 g/mol. The summed E-state index contributed by atoms with van der Waals surface area (Å²) in [6, 6.07) is 3.77. The van der Waals surface area contributed by atoms with Gasteiger partial charge in [-0.25, -0.2) is 4.79 Å². The Morgan fingerprint density at radius 2 is 2.40 bits per heavy atom. The summed E-state index contributed by atoms with van der Waals surface area (Å²) >= 11 is 1.50. The number of hydrogen-bond donors (Lipinski definition) is 0. The molecule has 1 aliphatic heterocycles. The molecular formula is C12H10N2O5S. The second-order valence-electron chi connectivity index (χ2n) is 3.77. The molecule has 3 heterocycles. The van der Waals surface area contributed by atoms with Crippen LogP contribution in [-0.4, -0.2) is 29.3 Å². The minimum atomic E-state index is -0.624. The Labute approximate surface area is 117 Å². The summed E-state index contributed by atoms with van der Waals surface area (Å²) in [5.74, 6) is 0.108. The van der Waals surface area contributed by atoms with Crippen LogP contribution in [-0.2, 0) is 25.6 Å². The van der Waals surface area contributed by atoms with E-state index in [0.717, 1.165) is 4.88 Å². The summed E-state index contributed by atoms with van der Waals surface area (Å²) in [6.45, 7) is 0.631. The molecule has 104 valence electrons. The van der Waals surface area contributed by atoms with E-state index >= 15 is 0 Å². The van der Waals surface area contributed by atoms with Crippen molar-refractivity contribution in [2.24, 2.45) is 0 Å². The fraction of sp³-hybridized carbons (Fsp3) is 0.250. The number of hydrogen-bond acceptors (Lipinski definition) is 8. The van der Waals surface area contributed by atoms with Crippen LogP contribution in [0.3, 0.4) is 0 Å². The highest BCUT2D eigenvalue weighted by Gasteiger charge is 2.18. The van der Waals surface area contributed by atoms with Crippen molar-refractivity contribution in [1.29, 1.82) is 0 Å². The highest BCUT2D eigenvalue weighted by atomic mass is 32.1. The van der Waals surface area contributed by atoms with E-state index in [2.05, 4.69) is 10.1 Å². The second-order valence-corrected chi connectivity index (χ2v) is 4.71. The quantitative estimate of drug-likeness (QED) is 0.794. The van der Waals surface area contributed by atoms with E-state index in [1.807, 2.05) is 17.5 Å². The van der Waals surface area contributed by atoms with Crippen molar-refractivity contribution in [1.82, 2.24) is 10.1 Å². The lowest BCUT2D eigenvalue weighted by Gasteiger charge is -2.13. The van der Waals surface area contributed by atoms with Gasteiger partial charge in [-0.2, -0.15) is 4.98 Å². The van der Waals surface area contributed by atoms with Crippen molar-refractivity contribution in [3.63, 3.8) is 0 Å². The van der Waals surface area contributed by atoms with Gasteiger partial charge in [-0.3, -0.25) is 0 Å². The Morgan fingerprint density at radius 1 is 1.45 bits per heavy atom. The number of ether oxygens (including phenoxy) is 3. The van der Waals surface area contributed by atoms with Crippen LogP contribution >= 0.6 is 11.3 Å². The normalized spacial score (nSPS) is 14.1. The minimum absolute atomic E-state index is 0.0363. The zero-order valence-electron chi connectivity index (χ0n) is 10.3. The number of aromatic nitrogens is 2. The Balaban J connectivity index is 1.59. The van der Waals surface area contributed by atoms with Gasteiger partial charge in [-0.15, -0.1) is 11.3 Å². The van der Waals surface area contributed by atoms with E-state index in [1.54, 1.807) is 0 Å². The molecule has 3 rings (SSSR count). The zero-order chi connectivity index (χ0) is 13.8. The Kier molecular flexibility index (Phi) is 3.64. The number of rotatable bonds is 4. The van der Waals surface area contributed by atoms with Crippen LogP contribution < -0.4 is 0 Å². The van der Waals surface area contributed by atoms with Crippen LogP contribution in [0.4, 0.5) is 0 Å². The maximum Gasteiger partial charge on any atom is 0.377 e. The molecule has 0 saturated heterocycles.